The highest BCUT2D eigenvalue weighted by atomic mass is 16.4. The molecular weight excluding hydrogens is 242 g/mol. The van der Waals surface area contributed by atoms with Gasteiger partial charge in [-0.2, -0.15) is 0 Å². The molecule has 1 saturated heterocycles. The summed E-state index contributed by atoms with van der Waals surface area (Å²) in [7, 11) is 0. The van der Waals surface area contributed by atoms with Gasteiger partial charge in [0.15, 0.2) is 0 Å². The number of carboxylic acids is 1. The van der Waals surface area contributed by atoms with Gasteiger partial charge in [-0.05, 0) is 51.5 Å². The quantitative estimate of drug-likeness (QED) is 0.908. The molecule has 3 atom stereocenters. The van der Waals surface area contributed by atoms with E-state index in [1.807, 2.05) is 12.1 Å². The molecule has 0 saturated carbocycles. The van der Waals surface area contributed by atoms with E-state index < -0.39 is 5.97 Å². The molecule has 1 aromatic rings. The predicted octanol–water partition coefficient (Wildman–Crippen LogP) is 2.58. The fourth-order valence-corrected chi connectivity index (χ4v) is 3.04. The van der Waals surface area contributed by atoms with Gasteiger partial charge in [-0.25, -0.2) is 4.79 Å². The summed E-state index contributed by atoms with van der Waals surface area (Å²) in [5.74, 6) is -0.631. The van der Waals surface area contributed by atoms with E-state index in [-0.39, 0.29) is 23.3 Å². The number of carboxylic acid groups (broad SMARTS) is 1. The number of benzene rings is 1. The van der Waals surface area contributed by atoms with Crippen molar-refractivity contribution in [3.63, 3.8) is 0 Å². The lowest BCUT2D eigenvalue weighted by molar-refractivity contribution is -0.120. The topological polar surface area (TPSA) is 57.6 Å². The molecule has 0 aliphatic carbocycles. The van der Waals surface area contributed by atoms with E-state index in [0.717, 1.165) is 12.1 Å². The maximum atomic E-state index is 11.6. The van der Waals surface area contributed by atoms with Gasteiger partial charge in [-0.15, -0.1) is 0 Å². The van der Waals surface area contributed by atoms with Crippen LogP contribution in [0.2, 0.25) is 0 Å². The van der Waals surface area contributed by atoms with Crippen LogP contribution in [0.4, 0.5) is 5.69 Å². The molecule has 102 valence electrons. The number of aromatic carboxylic acids is 1. The smallest absolute Gasteiger partial charge is 0.335 e. The fraction of sp³-hybridized carbons (Fsp3) is 0.467. The molecule has 1 fully saturated rings. The molecule has 1 heterocycles. The van der Waals surface area contributed by atoms with Crippen molar-refractivity contribution in [3.05, 3.63) is 29.8 Å². The molecule has 0 spiro atoms. The molecule has 1 N–H and O–H groups in total. The second-order valence-electron chi connectivity index (χ2n) is 5.30. The number of nitrogens with zero attached hydrogens (tertiary/aromatic N) is 1. The molecule has 0 aromatic heterocycles. The van der Waals surface area contributed by atoms with Crippen LogP contribution < -0.4 is 4.90 Å². The Hall–Kier alpha value is -1.84. The number of anilines is 1. The lowest BCUT2D eigenvalue weighted by Crippen LogP contribution is -2.35. The van der Waals surface area contributed by atoms with E-state index in [1.165, 1.54) is 0 Å². The molecule has 19 heavy (non-hydrogen) atoms. The standard InChI is InChI=1S/C15H19NO3/c1-9-8-14(11(3)17)10(2)16(9)13-6-4-12(5-7-13)15(18)19/h4-7,9-10,14H,8H2,1-3H3,(H,18,19). The summed E-state index contributed by atoms with van der Waals surface area (Å²) in [6, 6.07) is 7.30. The largest absolute Gasteiger partial charge is 0.478 e. The van der Waals surface area contributed by atoms with Crippen LogP contribution in [0.3, 0.4) is 0 Å². The lowest BCUT2D eigenvalue weighted by Gasteiger charge is -2.29. The van der Waals surface area contributed by atoms with Crippen LogP contribution in [-0.2, 0) is 4.79 Å². The zero-order valence-electron chi connectivity index (χ0n) is 11.5. The van der Waals surface area contributed by atoms with Gasteiger partial charge in [0.25, 0.3) is 0 Å². The summed E-state index contributed by atoms with van der Waals surface area (Å²) in [5.41, 5.74) is 1.26. The van der Waals surface area contributed by atoms with Gasteiger partial charge in [-0.3, -0.25) is 4.79 Å². The Bertz CT molecular complexity index is 495. The second kappa shape index (κ2) is 5.03. The Balaban J connectivity index is 2.26. The first kappa shape index (κ1) is 13.6. The number of rotatable bonds is 3. The maximum absolute atomic E-state index is 11.6. The highest BCUT2D eigenvalue weighted by Gasteiger charge is 2.38. The van der Waals surface area contributed by atoms with Crippen LogP contribution in [0.15, 0.2) is 24.3 Å². The minimum Gasteiger partial charge on any atom is -0.478 e. The van der Waals surface area contributed by atoms with E-state index in [2.05, 4.69) is 18.7 Å². The van der Waals surface area contributed by atoms with Gasteiger partial charge in [0, 0.05) is 23.7 Å². The van der Waals surface area contributed by atoms with Crippen LogP contribution in [0.1, 0.15) is 37.6 Å². The van der Waals surface area contributed by atoms with Crippen LogP contribution >= 0.6 is 0 Å². The summed E-state index contributed by atoms with van der Waals surface area (Å²) in [5, 5.41) is 8.90. The SMILES string of the molecule is CC(=O)C1CC(C)N(c2ccc(C(=O)O)cc2)C1C. The molecule has 4 nitrogen and oxygen atoms in total. The van der Waals surface area contributed by atoms with Gasteiger partial charge < -0.3 is 10.0 Å². The van der Waals surface area contributed by atoms with Gasteiger partial charge in [0.05, 0.1) is 5.56 Å². The number of carbonyl (C=O) groups is 2. The van der Waals surface area contributed by atoms with Crippen molar-refractivity contribution < 1.29 is 14.7 Å². The van der Waals surface area contributed by atoms with Crippen LogP contribution in [0.25, 0.3) is 0 Å². The monoisotopic (exact) mass is 261 g/mol. The average Bonchev–Trinajstić information content (AvgIpc) is 2.65. The van der Waals surface area contributed by atoms with Gasteiger partial charge >= 0.3 is 5.97 Å². The van der Waals surface area contributed by atoms with Crippen molar-refractivity contribution in [3.8, 4) is 0 Å². The molecule has 1 aliphatic heterocycles. The lowest BCUT2D eigenvalue weighted by atomic mass is 9.96. The Morgan fingerprint density at radius 2 is 1.79 bits per heavy atom. The summed E-state index contributed by atoms with van der Waals surface area (Å²) in [6.45, 7) is 5.80. The van der Waals surface area contributed by atoms with Crippen molar-refractivity contribution in [2.75, 3.05) is 4.90 Å². The third-order valence-electron chi connectivity index (χ3n) is 4.03. The van der Waals surface area contributed by atoms with E-state index in [1.54, 1.807) is 19.1 Å². The predicted molar refractivity (Wildman–Crippen MR) is 73.6 cm³/mol. The van der Waals surface area contributed by atoms with E-state index in [9.17, 15) is 9.59 Å². The highest BCUT2D eigenvalue weighted by molar-refractivity contribution is 5.88. The Labute approximate surface area is 113 Å². The van der Waals surface area contributed by atoms with Crippen molar-refractivity contribution >= 4 is 17.4 Å². The third kappa shape index (κ3) is 2.48. The average molecular weight is 261 g/mol. The second-order valence-corrected chi connectivity index (χ2v) is 5.30. The first-order chi connectivity index (χ1) is 8.91. The third-order valence-corrected chi connectivity index (χ3v) is 4.03. The van der Waals surface area contributed by atoms with Crippen molar-refractivity contribution in [2.24, 2.45) is 5.92 Å². The van der Waals surface area contributed by atoms with Crippen molar-refractivity contribution in [1.82, 2.24) is 0 Å². The molecule has 0 bridgehead atoms. The van der Waals surface area contributed by atoms with E-state index in [0.29, 0.717) is 6.04 Å². The Morgan fingerprint density at radius 3 is 2.21 bits per heavy atom. The van der Waals surface area contributed by atoms with Crippen LogP contribution in [0.5, 0.6) is 0 Å². The summed E-state index contributed by atoms with van der Waals surface area (Å²) >= 11 is 0. The summed E-state index contributed by atoms with van der Waals surface area (Å²) in [4.78, 5) is 24.7. The van der Waals surface area contributed by atoms with Gasteiger partial charge in [0.1, 0.15) is 5.78 Å². The van der Waals surface area contributed by atoms with Crippen LogP contribution in [0, 0.1) is 5.92 Å². The summed E-state index contributed by atoms with van der Waals surface area (Å²) in [6.07, 6.45) is 0.858. The molecule has 0 radical (unpaired) electrons. The molecule has 4 heteroatoms. The van der Waals surface area contributed by atoms with E-state index >= 15 is 0 Å². The number of carbonyl (C=O) groups excluding carboxylic acids is 1. The summed E-state index contributed by atoms with van der Waals surface area (Å²) < 4.78 is 0. The maximum Gasteiger partial charge on any atom is 0.335 e. The van der Waals surface area contributed by atoms with Crippen molar-refractivity contribution in [1.29, 1.82) is 0 Å². The van der Waals surface area contributed by atoms with E-state index in [4.69, 9.17) is 5.11 Å². The molecule has 1 aromatic carbocycles. The Morgan fingerprint density at radius 1 is 1.21 bits per heavy atom. The number of hydrogen-bond acceptors (Lipinski definition) is 3. The minimum absolute atomic E-state index is 0.0640. The minimum atomic E-state index is -0.921. The first-order valence-corrected chi connectivity index (χ1v) is 6.54. The van der Waals surface area contributed by atoms with Gasteiger partial charge in [0.2, 0.25) is 0 Å². The fourth-order valence-electron chi connectivity index (χ4n) is 3.04. The first-order valence-electron chi connectivity index (χ1n) is 6.54. The zero-order valence-corrected chi connectivity index (χ0v) is 11.5. The number of Topliss-reactive ketones (excluding diaryl/α,β-unsaturated/α-hetero) is 1. The van der Waals surface area contributed by atoms with Crippen molar-refractivity contribution in [2.45, 2.75) is 39.3 Å². The number of ketones is 1. The molecule has 3 unspecified atom stereocenters. The Kier molecular flexibility index (Phi) is 3.60. The highest BCUT2D eigenvalue weighted by Crippen LogP contribution is 2.34. The van der Waals surface area contributed by atoms with Gasteiger partial charge in [-0.1, -0.05) is 0 Å². The zero-order chi connectivity index (χ0) is 14.2. The van der Waals surface area contributed by atoms with Crippen LogP contribution in [-0.4, -0.2) is 28.9 Å². The molecule has 0 amide bonds. The number of hydrogen-bond donors (Lipinski definition) is 1. The normalized spacial score (nSPS) is 26.5. The molecular formula is C15H19NO3. The molecule has 1 aliphatic rings. The molecule has 2 rings (SSSR count).